The number of amides is 1. The molecule has 0 aromatic heterocycles. The average Bonchev–Trinajstić information content (AvgIpc) is 2.19. The van der Waals surface area contributed by atoms with Crippen LogP contribution in [0, 0.1) is 11.3 Å². The van der Waals surface area contributed by atoms with E-state index in [2.05, 4.69) is 10.6 Å². The zero-order chi connectivity index (χ0) is 10.4. The molecule has 0 saturated carbocycles. The van der Waals surface area contributed by atoms with Crippen molar-refractivity contribution in [3.05, 3.63) is 29.8 Å². The summed E-state index contributed by atoms with van der Waals surface area (Å²) in [5, 5.41) is 14.0. The maximum atomic E-state index is 11.1. The first kappa shape index (κ1) is 10.2. The lowest BCUT2D eigenvalue weighted by atomic mass is 10.2. The lowest BCUT2D eigenvalue weighted by Crippen LogP contribution is -2.24. The summed E-state index contributed by atoms with van der Waals surface area (Å²) in [5.74, 6) is -0.0998. The number of rotatable bonds is 3. The number of nitrogens with one attached hydrogen (secondary N) is 2. The van der Waals surface area contributed by atoms with Crippen LogP contribution in [0.2, 0.25) is 0 Å². The number of anilines is 1. The molecule has 1 amide bonds. The minimum atomic E-state index is -0.0998. The molecule has 0 bridgehead atoms. The van der Waals surface area contributed by atoms with Gasteiger partial charge in [0.25, 0.3) is 0 Å². The average molecular weight is 189 g/mol. The van der Waals surface area contributed by atoms with Gasteiger partial charge in [0.2, 0.25) is 5.91 Å². The monoisotopic (exact) mass is 189 g/mol. The second-order valence-electron chi connectivity index (χ2n) is 2.77. The van der Waals surface area contributed by atoms with Crippen molar-refractivity contribution in [3.63, 3.8) is 0 Å². The van der Waals surface area contributed by atoms with E-state index in [0.717, 1.165) is 0 Å². The number of nitrogens with zero attached hydrogens (tertiary/aromatic N) is 1. The molecule has 0 saturated heterocycles. The van der Waals surface area contributed by atoms with E-state index in [0.29, 0.717) is 11.3 Å². The van der Waals surface area contributed by atoms with Crippen molar-refractivity contribution in [1.82, 2.24) is 5.32 Å². The molecule has 0 atom stereocenters. The summed E-state index contributed by atoms with van der Waals surface area (Å²) < 4.78 is 0. The highest BCUT2D eigenvalue weighted by atomic mass is 16.1. The van der Waals surface area contributed by atoms with Gasteiger partial charge >= 0.3 is 0 Å². The summed E-state index contributed by atoms with van der Waals surface area (Å²) in [5.41, 5.74) is 1.28. The van der Waals surface area contributed by atoms with Crippen LogP contribution in [0.4, 0.5) is 5.69 Å². The van der Waals surface area contributed by atoms with Crippen molar-refractivity contribution in [2.24, 2.45) is 0 Å². The van der Waals surface area contributed by atoms with Gasteiger partial charge in [0, 0.05) is 5.69 Å². The summed E-state index contributed by atoms with van der Waals surface area (Å²) in [6, 6.07) is 8.73. The second-order valence-corrected chi connectivity index (χ2v) is 2.77. The van der Waals surface area contributed by atoms with Gasteiger partial charge in [-0.15, -0.1) is 0 Å². The lowest BCUT2D eigenvalue weighted by molar-refractivity contribution is -0.115. The smallest absolute Gasteiger partial charge is 0.238 e. The topological polar surface area (TPSA) is 64.9 Å². The van der Waals surface area contributed by atoms with E-state index >= 15 is 0 Å². The van der Waals surface area contributed by atoms with Crippen molar-refractivity contribution in [2.75, 3.05) is 18.9 Å². The fraction of sp³-hybridized carbons (Fsp3) is 0.200. The van der Waals surface area contributed by atoms with Gasteiger partial charge < -0.3 is 10.6 Å². The zero-order valence-electron chi connectivity index (χ0n) is 7.87. The summed E-state index contributed by atoms with van der Waals surface area (Å²) in [4.78, 5) is 11.1. The van der Waals surface area contributed by atoms with Gasteiger partial charge in [0.05, 0.1) is 18.2 Å². The highest BCUT2D eigenvalue weighted by Crippen LogP contribution is 2.07. The van der Waals surface area contributed by atoms with E-state index in [-0.39, 0.29) is 12.5 Å². The fourth-order valence-electron chi connectivity index (χ4n) is 0.994. The number of carbonyl (C=O) groups excluding carboxylic acids is 1. The summed E-state index contributed by atoms with van der Waals surface area (Å²) in [7, 11) is 1.71. The molecule has 14 heavy (non-hydrogen) atoms. The minimum absolute atomic E-state index is 0.0998. The van der Waals surface area contributed by atoms with Gasteiger partial charge in [-0.05, 0) is 31.3 Å². The molecule has 1 aromatic carbocycles. The third-order valence-corrected chi connectivity index (χ3v) is 1.64. The molecule has 1 aromatic rings. The summed E-state index contributed by atoms with van der Waals surface area (Å²) in [6.45, 7) is 0.278. The number of benzene rings is 1. The maximum Gasteiger partial charge on any atom is 0.238 e. The Labute approximate surface area is 82.5 Å². The number of likely N-dealkylation sites (N-methyl/N-ethyl adjacent to an activating group) is 1. The van der Waals surface area contributed by atoms with E-state index in [4.69, 9.17) is 5.26 Å². The minimum Gasteiger partial charge on any atom is -0.325 e. The molecule has 0 aliphatic heterocycles. The molecule has 0 spiro atoms. The van der Waals surface area contributed by atoms with Crippen molar-refractivity contribution < 1.29 is 4.79 Å². The molecule has 0 aliphatic carbocycles. The molecular formula is C10H11N3O. The second kappa shape index (κ2) is 5.00. The van der Waals surface area contributed by atoms with Gasteiger partial charge in [0.1, 0.15) is 0 Å². The van der Waals surface area contributed by atoms with Gasteiger partial charge in [-0.25, -0.2) is 0 Å². The zero-order valence-corrected chi connectivity index (χ0v) is 7.87. The molecule has 4 nitrogen and oxygen atoms in total. The van der Waals surface area contributed by atoms with Crippen LogP contribution >= 0.6 is 0 Å². The Balaban J connectivity index is 2.61. The third-order valence-electron chi connectivity index (χ3n) is 1.64. The number of hydrogen-bond donors (Lipinski definition) is 2. The van der Waals surface area contributed by atoms with Crippen molar-refractivity contribution in [2.45, 2.75) is 0 Å². The first-order valence-corrected chi connectivity index (χ1v) is 4.21. The Morgan fingerprint density at radius 2 is 2.07 bits per heavy atom. The van der Waals surface area contributed by atoms with Crippen molar-refractivity contribution >= 4 is 11.6 Å². The number of nitriles is 1. The quantitative estimate of drug-likeness (QED) is 0.736. The predicted octanol–water partition coefficient (Wildman–Crippen LogP) is 0.716. The maximum absolute atomic E-state index is 11.1. The molecule has 72 valence electrons. The highest BCUT2D eigenvalue weighted by molar-refractivity contribution is 5.92. The Bertz CT molecular complexity index is 351. The third kappa shape index (κ3) is 2.88. The van der Waals surface area contributed by atoms with Gasteiger partial charge in [0.15, 0.2) is 0 Å². The summed E-state index contributed by atoms with van der Waals surface area (Å²) >= 11 is 0. The molecule has 0 unspecified atom stereocenters. The first-order valence-electron chi connectivity index (χ1n) is 4.21. The van der Waals surface area contributed by atoms with E-state index in [1.807, 2.05) is 6.07 Å². The van der Waals surface area contributed by atoms with Crippen LogP contribution in [0.25, 0.3) is 0 Å². The molecule has 0 aliphatic rings. The normalized spacial score (nSPS) is 9.14. The Hall–Kier alpha value is -1.86. The van der Waals surface area contributed by atoms with Crippen molar-refractivity contribution in [3.8, 4) is 6.07 Å². The Morgan fingerprint density at radius 1 is 1.43 bits per heavy atom. The SMILES string of the molecule is CNCC(=O)Nc1ccc(C#N)cc1. The first-order chi connectivity index (χ1) is 6.76. The lowest BCUT2D eigenvalue weighted by Gasteiger charge is -2.03. The van der Waals surface area contributed by atoms with E-state index in [1.54, 1.807) is 31.3 Å². The van der Waals surface area contributed by atoms with E-state index in [1.165, 1.54) is 0 Å². The Morgan fingerprint density at radius 3 is 2.57 bits per heavy atom. The molecule has 0 fully saturated rings. The number of carbonyl (C=O) groups is 1. The van der Waals surface area contributed by atoms with Gasteiger partial charge in [-0.1, -0.05) is 0 Å². The van der Waals surface area contributed by atoms with Gasteiger partial charge in [-0.2, -0.15) is 5.26 Å². The molecule has 0 radical (unpaired) electrons. The van der Waals surface area contributed by atoms with Crippen LogP contribution < -0.4 is 10.6 Å². The van der Waals surface area contributed by atoms with Crippen LogP contribution in [0.15, 0.2) is 24.3 Å². The highest BCUT2D eigenvalue weighted by Gasteiger charge is 1.99. The van der Waals surface area contributed by atoms with Crippen LogP contribution in [-0.2, 0) is 4.79 Å². The van der Waals surface area contributed by atoms with Crippen LogP contribution in [0.1, 0.15) is 5.56 Å². The Kier molecular flexibility index (Phi) is 3.65. The largest absolute Gasteiger partial charge is 0.325 e. The standard InChI is InChI=1S/C10H11N3O/c1-12-7-10(14)13-9-4-2-8(6-11)3-5-9/h2-5,12H,7H2,1H3,(H,13,14). The number of hydrogen-bond acceptors (Lipinski definition) is 3. The molecule has 0 heterocycles. The molecule has 1 rings (SSSR count). The van der Waals surface area contributed by atoms with E-state index < -0.39 is 0 Å². The van der Waals surface area contributed by atoms with Crippen molar-refractivity contribution in [1.29, 1.82) is 5.26 Å². The molecule has 4 heteroatoms. The molecular weight excluding hydrogens is 178 g/mol. The van der Waals surface area contributed by atoms with E-state index in [9.17, 15) is 4.79 Å². The van der Waals surface area contributed by atoms with Crippen LogP contribution in [-0.4, -0.2) is 19.5 Å². The van der Waals surface area contributed by atoms with Crippen LogP contribution in [0.5, 0.6) is 0 Å². The van der Waals surface area contributed by atoms with Gasteiger partial charge in [-0.3, -0.25) is 4.79 Å². The molecule has 2 N–H and O–H groups in total. The fourth-order valence-corrected chi connectivity index (χ4v) is 0.994. The predicted molar refractivity (Wildman–Crippen MR) is 53.7 cm³/mol. The van der Waals surface area contributed by atoms with Crippen LogP contribution in [0.3, 0.4) is 0 Å². The summed E-state index contributed by atoms with van der Waals surface area (Å²) in [6.07, 6.45) is 0.